The van der Waals surface area contributed by atoms with E-state index in [1.54, 1.807) is 12.1 Å². The van der Waals surface area contributed by atoms with Gasteiger partial charge in [-0.2, -0.15) is 0 Å². The number of carbonyl (C=O) groups is 1. The summed E-state index contributed by atoms with van der Waals surface area (Å²) in [4.78, 5) is 12.1. The van der Waals surface area contributed by atoms with Crippen molar-refractivity contribution in [3.8, 4) is 0 Å². The van der Waals surface area contributed by atoms with Gasteiger partial charge in [-0.05, 0) is 49.4 Å². The smallest absolute Gasteiger partial charge is 0.257 e. The number of hydrogen-bond donors (Lipinski definition) is 2. The average molecular weight is 423 g/mol. The van der Waals surface area contributed by atoms with Gasteiger partial charge >= 0.3 is 0 Å². The monoisotopic (exact) mass is 421 g/mol. The molecule has 0 aromatic heterocycles. The molecule has 9 heteroatoms. The molecule has 1 unspecified atom stereocenters. The Balaban J connectivity index is 2.20. The first-order chi connectivity index (χ1) is 11.5. The number of anilines is 1. The molecule has 1 atom stereocenters. The van der Waals surface area contributed by atoms with Gasteiger partial charge in [-0.25, -0.2) is 8.42 Å². The van der Waals surface area contributed by atoms with E-state index in [-0.39, 0.29) is 14.9 Å². The molecule has 2 rings (SSSR count). The maximum absolute atomic E-state index is 12.5. The predicted octanol–water partition coefficient (Wildman–Crippen LogP) is 3.81. The van der Waals surface area contributed by atoms with Crippen LogP contribution in [-0.2, 0) is 14.6 Å². The first-order valence-corrected chi connectivity index (χ1v) is 9.76. The van der Waals surface area contributed by atoms with Gasteiger partial charge in [0.1, 0.15) is 0 Å². The number of amides is 1. The lowest BCUT2D eigenvalue weighted by molar-refractivity contribution is -0.130. The highest BCUT2D eigenvalue weighted by Crippen LogP contribution is 2.25. The Hall–Kier alpha value is -1.31. The van der Waals surface area contributed by atoms with Gasteiger partial charge < -0.3 is 10.4 Å². The first kappa shape index (κ1) is 20.0. The van der Waals surface area contributed by atoms with Crippen molar-refractivity contribution in [2.45, 2.75) is 17.4 Å². The molecule has 0 spiro atoms. The Kier molecular flexibility index (Phi) is 6.01. The normalized spacial score (nSPS) is 14.0. The molecular weight excluding hydrogens is 409 g/mol. The molecule has 0 fully saturated rings. The van der Waals surface area contributed by atoms with Crippen molar-refractivity contribution in [1.82, 2.24) is 0 Å². The number of carbonyl (C=O) groups excluding carboxylic acids is 1. The second-order valence-electron chi connectivity index (χ2n) is 5.60. The minimum Gasteiger partial charge on any atom is -0.379 e. The number of aliphatic hydroxyl groups is 1. The molecule has 2 aromatic carbocycles. The van der Waals surface area contributed by atoms with Crippen molar-refractivity contribution < 1.29 is 18.3 Å². The van der Waals surface area contributed by atoms with Crippen molar-refractivity contribution in [1.29, 1.82) is 0 Å². The Morgan fingerprint density at radius 2 is 1.56 bits per heavy atom. The third kappa shape index (κ3) is 5.33. The minimum atomic E-state index is -4.01. The minimum absolute atomic E-state index is 0.135. The zero-order valence-electron chi connectivity index (χ0n) is 13.0. The second kappa shape index (κ2) is 7.51. The van der Waals surface area contributed by atoms with E-state index >= 15 is 0 Å². The summed E-state index contributed by atoms with van der Waals surface area (Å²) in [5.74, 6) is -1.71. The lowest BCUT2D eigenvalue weighted by Gasteiger charge is -2.22. The topological polar surface area (TPSA) is 83.5 Å². The van der Waals surface area contributed by atoms with Gasteiger partial charge in [-0.15, -0.1) is 0 Å². The van der Waals surface area contributed by atoms with Crippen molar-refractivity contribution >= 4 is 56.2 Å². The van der Waals surface area contributed by atoms with Gasteiger partial charge in [0.2, 0.25) is 0 Å². The van der Waals surface area contributed by atoms with E-state index < -0.39 is 27.1 Å². The number of sulfone groups is 1. The van der Waals surface area contributed by atoms with E-state index in [2.05, 4.69) is 5.32 Å². The molecule has 0 heterocycles. The highest BCUT2D eigenvalue weighted by atomic mass is 35.5. The third-order valence-corrected chi connectivity index (χ3v) is 5.84. The first-order valence-electron chi connectivity index (χ1n) is 6.98. The van der Waals surface area contributed by atoms with Crippen molar-refractivity contribution in [2.24, 2.45) is 0 Å². The summed E-state index contributed by atoms with van der Waals surface area (Å²) in [6.07, 6.45) is 0. The fourth-order valence-corrected chi connectivity index (χ4v) is 4.46. The van der Waals surface area contributed by atoms with Crippen molar-refractivity contribution in [3.05, 3.63) is 57.5 Å². The lowest BCUT2D eigenvalue weighted by atomic mass is 10.1. The van der Waals surface area contributed by atoms with Crippen LogP contribution in [0.5, 0.6) is 0 Å². The van der Waals surface area contributed by atoms with Crippen LogP contribution in [0.1, 0.15) is 6.92 Å². The molecule has 5 nitrogen and oxygen atoms in total. The zero-order valence-corrected chi connectivity index (χ0v) is 16.0. The van der Waals surface area contributed by atoms with E-state index in [4.69, 9.17) is 34.8 Å². The molecule has 134 valence electrons. The molecule has 1 amide bonds. The Labute approximate surface area is 160 Å². The van der Waals surface area contributed by atoms with E-state index in [1.165, 1.54) is 30.3 Å². The highest BCUT2D eigenvalue weighted by Gasteiger charge is 2.37. The molecule has 25 heavy (non-hydrogen) atoms. The second-order valence-corrected chi connectivity index (χ2v) is 8.90. The van der Waals surface area contributed by atoms with Crippen LogP contribution in [0, 0.1) is 0 Å². The summed E-state index contributed by atoms with van der Waals surface area (Å²) in [6.45, 7) is 1.11. The van der Waals surface area contributed by atoms with E-state index in [9.17, 15) is 18.3 Å². The Bertz CT molecular complexity index is 876. The van der Waals surface area contributed by atoms with Crippen LogP contribution >= 0.6 is 34.8 Å². The average Bonchev–Trinajstić information content (AvgIpc) is 2.47. The van der Waals surface area contributed by atoms with Crippen LogP contribution in [-0.4, -0.2) is 30.8 Å². The van der Waals surface area contributed by atoms with E-state index in [0.717, 1.165) is 6.92 Å². The quantitative estimate of drug-likeness (QED) is 0.767. The Morgan fingerprint density at radius 3 is 2.08 bits per heavy atom. The summed E-state index contributed by atoms with van der Waals surface area (Å²) >= 11 is 17.4. The largest absolute Gasteiger partial charge is 0.379 e. The summed E-state index contributed by atoms with van der Waals surface area (Å²) in [7, 11) is -4.01. The van der Waals surface area contributed by atoms with Crippen LogP contribution in [0.3, 0.4) is 0 Å². The van der Waals surface area contributed by atoms with Gasteiger partial charge in [0.15, 0.2) is 15.4 Å². The summed E-state index contributed by atoms with van der Waals surface area (Å²) in [5, 5.41) is 13.5. The van der Waals surface area contributed by atoms with Gasteiger partial charge in [0.05, 0.1) is 10.6 Å². The standard InChI is InChI=1S/C16H14Cl3NO4S/c1-16(22,15(21)20-13-4-2-10(17)3-5-13)9-25(23,24)14-7-11(18)6-12(19)8-14/h2-8,22H,9H2,1H3,(H,20,21). The summed E-state index contributed by atoms with van der Waals surface area (Å²) < 4.78 is 25.0. The van der Waals surface area contributed by atoms with E-state index in [1.807, 2.05) is 0 Å². The number of benzene rings is 2. The molecule has 0 bridgehead atoms. The molecule has 2 aromatic rings. The molecule has 0 saturated carbocycles. The van der Waals surface area contributed by atoms with Crippen LogP contribution in [0.15, 0.2) is 47.4 Å². The fraction of sp³-hybridized carbons (Fsp3) is 0.188. The Morgan fingerprint density at radius 1 is 1.04 bits per heavy atom. The number of halogens is 3. The number of nitrogens with one attached hydrogen (secondary N) is 1. The molecule has 0 aliphatic rings. The van der Waals surface area contributed by atoms with Crippen LogP contribution in [0.25, 0.3) is 0 Å². The van der Waals surface area contributed by atoms with Gasteiger partial charge in [0, 0.05) is 20.8 Å². The maximum atomic E-state index is 12.5. The summed E-state index contributed by atoms with van der Waals surface area (Å²) in [6, 6.07) is 9.95. The molecule has 0 radical (unpaired) electrons. The fourth-order valence-electron chi connectivity index (χ4n) is 2.03. The van der Waals surface area contributed by atoms with Gasteiger partial charge in [0.25, 0.3) is 5.91 Å². The molecular formula is C16H14Cl3NO4S. The number of hydrogen-bond acceptors (Lipinski definition) is 4. The molecule has 2 N–H and O–H groups in total. The van der Waals surface area contributed by atoms with E-state index in [0.29, 0.717) is 10.7 Å². The predicted molar refractivity (Wildman–Crippen MR) is 99.2 cm³/mol. The van der Waals surface area contributed by atoms with Gasteiger partial charge in [-0.3, -0.25) is 4.79 Å². The molecule has 0 aliphatic carbocycles. The number of rotatable bonds is 5. The van der Waals surface area contributed by atoms with Crippen molar-refractivity contribution in [2.75, 3.05) is 11.1 Å². The maximum Gasteiger partial charge on any atom is 0.257 e. The SMILES string of the molecule is CC(O)(CS(=O)(=O)c1cc(Cl)cc(Cl)c1)C(=O)Nc1ccc(Cl)cc1. The van der Waals surface area contributed by atoms with Crippen LogP contribution < -0.4 is 5.32 Å². The third-order valence-electron chi connectivity index (χ3n) is 3.26. The van der Waals surface area contributed by atoms with Crippen molar-refractivity contribution in [3.63, 3.8) is 0 Å². The van der Waals surface area contributed by atoms with Gasteiger partial charge in [-0.1, -0.05) is 34.8 Å². The highest BCUT2D eigenvalue weighted by molar-refractivity contribution is 7.91. The molecule has 0 aliphatic heterocycles. The molecule has 0 saturated heterocycles. The summed E-state index contributed by atoms with van der Waals surface area (Å²) in [5.41, 5.74) is -1.80. The van der Waals surface area contributed by atoms with Crippen LogP contribution in [0.2, 0.25) is 15.1 Å². The zero-order chi connectivity index (χ0) is 18.8. The van der Waals surface area contributed by atoms with Crippen LogP contribution in [0.4, 0.5) is 5.69 Å². The lowest BCUT2D eigenvalue weighted by Crippen LogP contribution is -2.45.